The third-order valence-corrected chi connectivity index (χ3v) is 7.76. The van der Waals surface area contributed by atoms with Crippen molar-refractivity contribution in [1.29, 1.82) is 0 Å². The van der Waals surface area contributed by atoms with E-state index in [4.69, 9.17) is 4.98 Å². The maximum absolute atomic E-state index is 13.4. The van der Waals surface area contributed by atoms with Gasteiger partial charge in [-0.3, -0.25) is 19.0 Å². The fourth-order valence-electron chi connectivity index (χ4n) is 5.14. The van der Waals surface area contributed by atoms with Gasteiger partial charge in [0.1, 0.15) is 5.82 Å². The first-order valence-corrected chi connectivity index (χ1v) is 14.7. The van der Waals surface area contributed by atoms with E-state index in [9.17, 15) is 14.4 Å². The van der Waals surface area contributed by atoms with E-state index < -0.39 is 0 Å². The van der Waals surface area contributed by atoms with E-state index in [2.05, 4.69) is 48.1 Å². The van der Waals surface area contributed by atoms with Crippen LogP contribution in [0, 0.1) is 0 Å². The number of nitrogens with one attached hydrogen (secondary N) is 2. The lowest BCUT2D eigenvalue weighted by atomic mass is 10.1. The molecule has 0 atom stereocenters. The number of amides is 2. The highest BCUT2D eigenvalue weighted by Crippen LogP contribution is 2.28. The van der Waals surface area contributed by atoms with Crippen LogP contribution in [0.15, 0.2) is 47.3 Å². The van der Waals surface area contributed by atoms with Crippen molar-refractivity contribution >= 4 is 45.7 Å². The van der Waals surface area contributed by atoms with Gasteiger partial charge in [0.25, 0.3) is 5.56 Å². The summed E-state index contributed by atoms with van der Waals surface area (Å²) in [7, 11) is 0. The molecule has 9 heteroatoms. The Morgan fingerprint density at radius 2 is 1.41 bits per heavy atom. The van der Waals surface area contributed by atoms with Gasteiger partial charge >= 0.3 is 0 Å². The molecule has 9 nitrogen and oxygen atoms in total. The van der Waals surface area contributed by atoms with Crippen LogP contribution in [0.2, 0.25) is 0 Å². The van der Waals surface area contributed by atoms with Crippen LogP contribution in [0.25, 0.3) is 22.6 Å². The summed E-state index contributed by atoms with van der Waals surface area (Å²) in [6.45, 7) is 14.0. The van der Waals surface area contributed by atoms with Gasteiger partial charge in [-0.05, 0) is 80.1 Å². The molecule has 2 N–H and O–H groups in total. The molecule has 0 saturated heterocycles. The zero-order valence-electron chi connectivity index (χ0n) is 24.7. The van der Waals surface area contributed by atoms with Gasteiger partial charge in [-0.1, -0.05) is 39.8 Å². The molecule has 1 aliphatic heterocycles. The maximum Gasteiger partial charge on any atom is 0.261 e. The normalized spacial score (nSPS) is 13.8. The van der Waals surface area contributed by atoms with Crippen LogP contribution < -0.4 is 16.2 Å². The molecule has 3 aromatic rings. The first-order valence-electron chi connectivity index (χ1n) is 14.7. The molecule has 0 unspecified atom stereocenters. The SMILES string of the molecule is CCN(CC)CCC(=O)Nc1ccc(/C=C2\CCn3c2nc2ccc(NC(=O)CCN(CC)CC)cc2c3=O)cc1. The van der Waals surface area contributed by atoms with Crippen molar-refractivity contribution in [2.45, 2.75) is 53.5 Å². The number of hydrogen-bond acceptors (Lipinski definition) is 6. The van der Waals surface area contributed by atoms with E-state index in [-0.39, 0.29) is 17.4 Å². The lowest BCUT2D eigenvalue weighted by molar-refractivity contribution is -0.117. The predicted molar refractivity (Wildman–Crippen MR) is 167 cm³/mol. The van der Waals surface area contributed by atoms with Crippen LogP contribution in [-0.4, -0.2) is 70.4 Å². The summed E-state index contributed by atoms with van der Waals surface area (Å²) in [6, 6.07) is 13.0. The fraction of sp³-hybridized carbons (Fsp3) is 0.438. The summed E-state index contributed by atoms with van der Waals surface area (Å²) < 4.78 is 1.71. The summed E-state index contributed by atoms with van der Waals surface area (Å²) in [5.41, 5.74) is 3.85. The van der Waals surface area contributed by atoms with E-state index in [0.29, 0.717) is 54.8 Å². The van der Waals surface area contributed by atoms with Crippen molar-refractivity contribution in [2.75, 3.05) is 49.9 Å². The van der Waals surface area contributed by atoms with Crippen molar-refractivity contribution in [2.24, 2.45) is 0 Å². The number of hydrogen-bond donors (Lipinski definition) is 2. The molecule has 1 aromatic heterocycles. The minimum Gasteiger partial charge on any atom is -0.326 e. The number of rotatable bonds is 13. The second-order valence-corrected chi connectivity index (χ2v) is 10.3. The molecular weight excluding hydrogens is 516 g/mol. The predicted octanol–water partition coefficient (Wildman–Crippen LogP) is 4.68. The summed E-state index contributed by atoms with van der Waals surface area (Å²) >= 11 is 0. The Balaban J connectivity index is 1.44. The molecule has 0 fully saturated rings. The first-order chi connectivity index (χ1) is 19.8. The van der Waals surface area contributed by atoms with Gasteiger partial charge in [-0.25, -0.2) is 4.98 Å². The highest BCUT2D eigenvalue weighted by Gasteiger charge is 2.21. The smallest absolute Gasteiger partial charge is 0.261 e. The standard InChI is InChI=1S/C32H42N6O3/c1-5-36(6-2)18-16-29(39)33-25-11-9-23(10-12-25)21-24-15-20-38-31(24)35-28-14-13-26(22-27(28)32(38)41)34-30(40)17-19-37(7-3)8-4/h9-14,21-22H,5-8,15-20H2,1-4H3,(H,33,39)(H,34,40)/b24-21+. The Morgan fingerprint density at radius 3 is 2.00 bits per heavy atom. The highest BCUT2D eigenvalue weighted by atomic mass is 16.2. The van der Waals surface area contributed by atoms with Crippen LogP contribution in [-0.2, 0) is 16.1 Å². The van der Waals surface area contributed by atoms with E-state index in [1.54, 1.807) is 22.8 Å². The molecular formula is C32H42N6O3. The van der Waals surface area contributed by atoms with Gasteiger partial charge in [0, 0.05) is 43.9 Å². The van der Waals surface area contributed by atoms with Crippen molar-refractivity contribution in [3.8, 4) is 0 Å². The lowest BCUT2D eigenvalue weighted by Crippen LogP contribution is -2.27. The lowest BCUT2D eigenvalue weighted by Gasteiger charge is -2.17. The van der Waals surface area contributed by atoms with Crippen LogP contribution in [0.1, 0.15) is 58.3 Å². The first kappa shape index (κ1) is 30.1. The molecule has 0 saturated carbocycles. The molecule has 0 radical (unpaired) electrons. The molecule has 0 aliphatic carbocycles. The average Bonchev–Trinajstić information content (AvgIpc) is 3.38. The second kappa shape index (κ2) is 14.2. The molecule has 2 aromatic carbocycles. The van der Waals surface area contributed by atoms with Crippen molar-refractivity contribution < 1.29 is 9.59 Å². The molecule has 2 heterocycles. The number of aromatic nitrogens is 2. The van der Waals surface area contributed by atoms with Gasteiger partial charge in [-0.15, -0.1) is 0 Å². The van der Waals surface area contributed by atoms with Gasteiger partial charge in [-0.2, -0.15) is 0 Å². The molecule has 0 spiro atoms. The molecule has 0 bridgehead atoms. The summed E-state index contributed by atoms with van der Waals surface area (Å²) in [5, 5.41) is 6.39. The average molecular weight is 559 g/mol. The van der Waals surface area contributed by atoms with Crippen molar-refractivity contribution in [3.05, 3.63) is 64.2 Å². The quantitative estimate of drug-likeness (QED) is 0.316. The van der Waals surface area contributed by atoms with Gasteiger partial charge in [0.05, 0.1) is 10.9 Å². The number of carbonyl (C=O) groups is 2. The summed E-state index contributed by atoms with van der Waals surface area (Å²) in [6.07, 6.45) is 3.62. The van der Waals surface area contributed by atoms with E-state index in [0.717, 1.165) is 49.5 Å². The Kier molecular flexibility index (Phi) is 10.4. The van der Waals surface area contributed by atoms with Gasteiger partial charge in [0.15, 0.2) is 0 Å². The Bertz CT molecular complexity index is 1450. The number of carbonyl (C=O) groups excluding carboxylic acids is 2. The van der Waals surface area contributed by atoms with Crippen molar-refractivity contribution in [3.63, 3.8) is 0 Å². The minimum atomic E-state index is -0.101. The number of anilines is 2. The minimum absolute atomic E-state index is 0.00512. The Labute approximate surface area is 242 Å². The van der Waals surface area contributed by atoms with E-state index in [1.807, 2.05) is 30.3 Å². The van der Waals surface area contributed by atoms with Crippen LogP contribution in [0.5, 0.6) is 0 Å². The number of benzene rings is 2. The van der Waals surface area contributed by atoms with Crippen LogP contribution in [0.3, 0.4) is 0 Å². The third kappa shape index (κ3) is 7.68. The van der Waals surface area contributed by atoms with Crippen molar-refractivity contribution in [1.82, 2.24) is 19.4 Å². The summed E-state index contributed by atoms with van der Waals surface area (Å²) in [5.74, 6) is 0.610. The van der Waals surface area contributed by atoms with Gasteiger partial charge < -0.3 is 20.4 Å². The zero-order valence-corrected chi connectivity index (χ0v) is 24.7. The van der Waals surface area contributed by atoms with Crippen LogP contribution in [0.4, 0.5) is 11.4 Å². The number of nitrogens with zero attached hydrogens (tertiary/aromatic N) is 4. The largest absolute Gasteiger partial charge is 0.326 e. The molecule has 218 valence electrons. The Morgan fingerprint density at radius 1 is 0.854 bits per heavy atom. The zero-order chi connectivity index (χ0) is 29.4. The molecule has 2 amide bonds. The van der Waals surface area contributed by atoms with E-state index >= 15 is 0 Å². The molecule has 4 rings (SSSR count). The second-order valence-electron chi connectivity index (χ2n) is 10.3. The van der Waals surface area contributed by atoms with Gasteiger partial charge in [0.2, 0.25) is 11.8 Å². The number of allylic oxidation sites excluding steroid dienone is 1. The van der Waals surface area contributed by atoms with E-state index in [1.165, 1.54) is 0 Å². The maximum atomic E-state index is 13.4. The molecule has 1 aliphatic rings. The monoisotopic (exact) mass is 558 g/mol. The summed E-state index contributed by atoms with van der Waals surface area (Å²) in [4.78, 5) is 47.4. The Hall–Kier alpha value is -3.82. The topological polar surface area (TPSA) is 99.6 Å². The highest BCUT2D eigenvalue weighted by molar-refractivity contribution is 5.94. The third-order valence-electron chi connectivity index (χ3n) is 7.76. The number of fused-ring (bicyclic) bond motifs is 2. The molecule has 41 heavy (non-hydrogen) atoms. The fourth-order valence-corrected chi connectivity index (χ4v) is 5.14. The van der Waals surface area contributed by atoms with Crippen LogP contribution >= 0.6 is 0 Å².